The van der Waals surface area contributed by atoms with Gasteiger partial charge >= 0.3 is 0 Å². The number of nitrogens with zero attached hydrogens (tertiary/aromatic N) is 2. The van der Waals surface area contributed by atoms with E-state index in [1.54, 1.807) is 24.4 Å². The number of methoxy groups -OCH3 is 1. The summed E-state index contributed by atoms with van der Waals surface area (Å²) in [5.41, 5.74) is 3.21. The first-order valence-electron chi connectivity index (χ1n) is 8.39. The Labute approximate surface area is 151 Å². The number of benzene rings is 2. The van der Waals surface area contributed by atoms with Crippen molar-refractivity contribution >= 4 is 11.6 Å². The molecule has 26 heavy (non-hydrogen) atoms. The number of fused-ring (bicyclic) bond motifs is 1. The van der Waals surface area contributed by atoms with Crippen LogP contribution in [-0.2, 0) is 0 Å². The molecule has 0 aliphatic carbocycles. The highest BCUT2D eigenvalue weighted by atomic mass is 16.5. The molecule has 1 aliphatic heterocycles. The molecule has 5 nitrogen and oxygen atoms in total. The van der Waals surface area contributed by atoms with E-state index in [1.807, 2.05) is 54.6 Å². The second-order valence-corrected chi connectivity index (χ2v) is 5.96. The lowest BCUT2D eigenvalue weighted by molar-refractivity contribution is 0.0976. The minimum Gasteiger partial charge on any atom is -0.497 e. The molecule has 0 saturated carbocycles. The Kier molecular flexibility index (Phi) is 4.27. The summed E-state index contributed by atoms with van der Waals surface area (Å²) < 4.78 is 10.8. The van der Waals surface area contributed by atoms with E-state index in [-0.39, 0.29) is 5.91 Å². The largest absolute Gasteiger partial charge is 0.497 e. The number of aromatic nitrogens is 1. The van der Waals surface area contributed by atoms with Crippen LogP contribution in [0.25, 0.3) is 11.1 Å². The minimum atomic E-state index is -0.0800. The molecule has 0 N–H and O–H groups in total. The van der Waals surface area contributed by atoms with E-state index in [9.17, 15) is 4.79 Å². The lowest BCUT2D eigenvalue weighted by Gasteiger charge is -2.29. The van der Waals surface area contributed by atoms with Crippen LogP contribution >= 0.6 is 0 Å². The summed E-state index contributed by atoms with van der Waals surface area (Å²) in [6, 6.07) is 17.1. The molecule has 0 radical (unpaired) electrons. The number of amides is 1. The Balaban J connectivity index is 1.65. The molecule has 0 fully saturated rings. The van der Waals surface area contributed by atoms with Crippen molar-refractivity contribution in [2.45, 2.75) is 0 Å². The molecular weight excluding hydrogens is 328 g/mol. The maximum atomic E-state index is 13.1. The average Bonchev–Trinajstić information content (AvgIpc) is 2.73. The van der Waals surface area contributed by atoms with Gasteiger partial charge in [0, 0.05) is 18.0 Å². The van der Waals surface area contributed by atoms with Crippen molar-refractivity contribution in [3.05, 3.63) is 72.6 Å². The van der Waals surface area contributed by atoms with Crippen molar-refractivity contribution in [1.29, 1.82) is 0 Å². The molecule has 3 aromatic rings. The van der Waals surface area contributed by atoms with Gasteiger partial charge in [-0.25, -0.2) is 0 Å². The van der Waals surface area contributed by atoms with Crippen LogP contribution in [0, 0.1) is 0 Å². The van der Waals surface area contributed by atoms with Gasteiger partial charge < -0.3 is 14.4 Å². The zero-order chi connectivity index (χ0) is 17.9. The first-order chi connectivity index (χ1) is 12.8. The van der Waals surface area contributed by atoms with E-state index in [0.29, 0.717) is 18.7 Å². The monoisotopic (exact) mass is 346 g/mol. The molecule has 1 aliphatic rings. The number of carbonyl (C=O) groups is 1. The van der Waals surface area contributed by atoms with Crippen molar-refractivity contribution in [3.8, 4) is 22.6 Å². The maximum absolute atomic E-state index is 13.1. The van der Waals surface area contributed by atoms with Gasteiger partial charge in [-0.05, 0) is 35.9 Å². The standard InChI is InChI=1S/C21H18N2O3/c1-25-18-8-6-15(7-9-18)16-12-17(14-22-13-16)21(24)23-10-11-26-20-5-3-2-4-19(20)23/h2-9,12-14H,10-11H2,1H3. The summed E-state index contributed by atoms with van der Waals surface area (Å²) >= 11 is 0. The molecule has 0 bridgehead atoms. The Morgan fingerprint density at radius 1 is 1.08 bits per heavy atom. The van der Waals surface area contributed by atoms with E-state index in [0.717, 1.165) is 28.3 Å². The summed E-state index contributed by atoms with van der Waals surface area (Å²) in [6.07, 6.45) is 3.36. The van der Waals surface area contributed by atoms with Gasteiger partial charge in [0.05, 0.1) is 24.9 Å². The topological polar surface area (TPSA) is 51.7 Å². The molecule has 1 amide bonds. The van der Waals surface area contributed by atoms with Crippen LogP contribution < -0.4 is 14.4 Å². The highest BCUT2D eigenvalue weighted by molar-refractivity contribution is 6.07. The molecule has 5 heteroatoms. The average molecular weight is 346 g/mol. The fraction of sp³-hybridized carbons (Fsp3) is 0.143. The van der Waals surface area contributed by atoms with E-state index in [2.05, 4.69) is 4.98 Å². The zero-order valence-electron chi connectivity index (χ0n) is 14.4. The molecular formula is C21H18N2O3. The third-order valence-corrected chi connectivity index (χ3v) is 4.38. The number of pyridine rings is 1. The van der Waals surface area contributed by atoms with Crippen LogP contribution in [-0.4, -0.2) is 31.2 Å². The quantitative estimate of drug-likeness (QED) is 0.724. The molecule has 1 aromatic heterocycles. The fourth-order valence-electron chi connectivity index (χ4n) is 3.03. The van der Waals surface area contributed by atoms with Gasteiger partial charge in [0.25, 0.3) is 5.91 Å². The van der Waals surface area contributed by atoms with E-state index in [1.165, 1.54) is 0 Å². The molecule has 0 unspecified atom stereocenters. The van der Waals surface area contributed by atoms with E-state index in [4.69, 9.17) is 9.47 Å². The van der Waals surface area contributed by atoms with Crippen LogP contribution in [0.2, 0.25) is 0 Å². The lowest BCUT2D eigenvalue weighted by atomic mass is 10.1. The summed E-state index contributed by atoms with van der Waals surface area (Å²) in [5, 5.41) is 0. The number of hydrogen-bond acceptors (Lipinski definition) is 4. The second kappa shape index (κ2) is 6.88. The van der Waals surface area contributed by atoms with Crippen LogP contribution in [0.4, 0.5) is 5.69 Å². The Morgan fingerprint density at radius 2 is 1.88 bits per heavy atom. The molecule has 2 aromatic carbocycles. The minimum absolute atomic E-state index is 0.0800. The first-order valence-corrected chi connectivity index (χ1v) is 8.39. The van der Waals surface area contributed by atoms with Crippen molar-refractivity contribution < 1.29 is 14.3 Å². The predicted molar refractivity (Wildman–Crippen MR) is 99.8 cm³/mol. The van der Waals surface area contributed by atoms with Crippen LogP contribution in [0.15, 0.2) is 67.0 Å². The third kappa shape index (κ3) is 2.99. The number of ether oxygens (including phenoxy) is 2. The van der Waals surface area contributed by atoms with Crippen molar-refractivity contribution in [2.75, 3.05) is 25.2 Å². The number of para-hydroxylation sites is 2. The van der Waals surface area contributed by atoms with Gasteiger partial charge in [0.2, 0.25) is 0 Å². The summed E-state index contributed by atoms with van der Waals surface area (Å²) in [6.45, 7) is 0.997. The lowest BCUT2D eigenvalue weighted by Crippen LogP contribution is -2.38. The number of carbonyl (C=O) groups excluding carboxylic acids is 1. The predicted octanol–water partition coefficient (Wildman–Crippen LogP) is 3.80. The van der Waals surface area contributed by atoms with Gasteiger partial charge in [-0.3, -0.25) is 9.78 Å². The van der Waals surface area contributed by atoms with Gasteiger partial charge in [-0.2, -0.15) is 0 Å². The molecule has 4 rings (SSSR count). The van der Waals surface area contributed by atoms with Gasteiger partial charge in [-0.15, -0.1) is 0 Å². The summed E-state index contributed by atoms with van der Waals surface area (Å²) in [7, 11) is 1.63. The van der Waals surface area contributed by atoms with Crippen LogP contribution in [0.1, 0.15) is 10.4 Å². The van der Waals surface area contributed by atoms with Crippen molar-refractivity contribution in [1.82, 2.24) is 4.98 Å². The van der Waals surface area contributed by atoms with Crippen molar-refractivity contribution in [2.24, 2.45) is 0 Å². The van der Waals surface area contributed by atoms with Gasteiger partial charge in [-0.1, -0.05) is 24.3 Å². The van der Waals surface area contributed by atoms with E-state index >= 15 is 0 Å². The molecule has 130 valence electrons. The fourth-order valence-corrected chi connectivity index (χ4v) is 3.03. The number of hydrogen-bond donors (Lipinski definition) is 0. The summed E-state index contributed by atoms with van der Waals surface area (Å²) in [5.74, 6) is 1.44. The summed E-state index contributed by atoms with van der Waals surface area (Å²) in [4.78, 5) is 19.1. The highest BCUT2D eigenvalue weighted by Gasteiger charge is 2.24. The number of rotatable bonds is 3. The Bertz CT molecular complexity index is 938. The van der Waals surface area contributed by atoms with Gasteiger partial charge in [0.15, 0.2) is 0 Å². The normalized spacial score (nSPS) is 12.9. The smallest absolute Gasteiger partial charge is 0.260 e. The Morgan fingerprint density at radius 3 is 2.69 bits per heavy atom. The third-order valence-electron chi connectivity index (χ3n) is 4.38. The van der Waals surface area contributed by atoms with Gasteiger partial charge in [0.1, 0.15) is 18.1 Å². The molecule has 2 heterocycles. The highest BCUT2D eigenvalue weighted by Crippen LogP contribution is 2.32. The maximum Gasteiger partial charge on any atom is 0.260 e. The Hall–Kier alpha value is -3.34. The first kappa shape index (κ1) is 16.1. The number of anilines is 1. The SMILES string of the molecule is COc1ccc(-c2cncc(C(=O)N3CCOc4ccccc43)c2)cc1. The zero-order valence-corrected chi connectivity index (χ0v) is 14.4. The van der Waals surface area contributed by atoms with E-state index < -0.39 is 0 Å². The molecule has 0 atom stereocenters. The second-order valence-electron chi connectivity index (χ2n) is 5.96. The van der Waals surface area contributed by atoms with Crippen LogP contribution in [0.5, 0.6) is 11.5 Å². The molecule has 0 saturated heterocycles. The van der Waals surface area contributed by atoms with Crippen LogP contribution in [0.3, 0.4) is 0 Å². The molecule has 0 spiro atoms. The van der Waals surface area contributed by atoms with Crippen molar-refractivity contribution in [3.63, 3.8) is 0 Å².